The quantitative estimate of drug-likeness (QED) is 0.600. The molecule has 0 bridgehead atoms. The van der Waals surface area contributed by atoms with Crippen LogP contribution in [-0.4, -0.2) is 21.0 Å². The predicted molar refractivity (Wildman–Crippen MR) is 45.9 cm³/mol. The summed E-state index contributed by atoms with van der Waals surface area (Å²) in [4.78, 5) is 11.4. The van der Waals surface area contributed by atoms with Crippen molar-refractivity contribution < 1.29 is 9.00 Å². The van der Waals surface area contributed by atoms with Crippen molar-refractivity contribution in [2.45, 2.75) is 37.4 Å². The van der Waals surface area contributed by atoms with Gasteiger partial charge in [0.25, 0.3) is 0 Å². The molecule has 2 nitrogen and oxygen atoms in total. The lowest BCUT2D eigenvalue weighted by Crippen LogP contribution is -2.41. The van der Waals surface area contributed by atoms with Crippen molar-refractivity contribution in [1.82, 2.24) is 0 Å². The van der Waals surface area contributed by atoms with E-state index in [0.29, 0.717) is 6.42 Å². The van der Waals surface area contributed by atoms with Crippen LogP contribution in [0.25, 0.3) is 0 Å². The van der Waals surface area contributed by atoms with Crippen LogP contribution in [0.2, 0.25) is 0 Å². The van der Waals surface area contributed by atoms with E-state index < -0.39 is 15.5 Å². The Morgan fingerprint density at radius 3 is 2.45 bits per heavy atom. The fraction of sp³-hybridized carbons (Fsp3) is 0.875. The molecule has 0 heterocycles. The van der Waals surface area contributed by atoms with Crippen LogP contribution >= 0.6 is 0 Å². The molecule has 2 unspecified atom stereocenters. The number of hydrogen-bond acceptors (Lipinski definition) is 2. The van der Waals surface area contributed by atoms with Gasteiger partial charge in [0.2, 0.25) is 0 Å². The Kier molecular flexibility index (Phi) is 2.47. The van der Waals surface area contributed by atoms with Crippen LogP contribution in [0.15, 0.2) is 0 Å². The fourth-order valence-corrected chi connectivity index (χ4v) is 2.31. The smallest absolute Gasteiger partial charge is 0.151 e. The predicted octanol–water partition coefficient (Wildman–Crippen LogP) is 1.27. The molecule has 1 fully saturated rings. The molecular weight excluding hydrogens is 160 g/mol. The zero-order valence-electron chi connectivity index (χ0n) is 7.05. The van der Waals surface area contributed by atoms with Gasteiger partial charge >= 0.3 is 0 Å². The second-order valence-corrected chi connectivity index (χ2v) is 5.12. The summed E-state index contributed by atoms with van der Waals surface area (Å²) in [5, 5.41) is 0. The van der Waals surface area contributed by atoms with Crippen molar-refractivity contribution in [3.63, 3.8) is 0 Å². The Bertz CT molecular complexity index is 200. The molecule has 3 heteroatoms. The van der Waals surface area contributed by atoms with E-state index in [1.54, 1.807) is 6.26 Å². The van der Waals surface area contributed by atoms with E-state index in [-0.39, 0.29) is 5.78 Å². The summed E-state index contributed by atoms with van der Waals surface area (Å²) in [6.07, 6.45) is 5.07. The SMILES string of the molecule is CS(=O)C1(C)CCCCC1=O. The van der Waals surface area contributed by atoms with Crippen molar-refractivity contribution in [3.05, 3.63) is 0 Å². The van der Waals surface area contributed by atoms with E-state index in [2.05, 4.69) is 0 Å². The summed E-state index contributed by atoms with van der Waals surface area (Å²) >= 11 is 0. The second kappa shape index (κ2) is 3.05. The average molecular weight is 174 g/mol. The molecule has 0 N–H and O–H groups in total. The van der Waals surface area contributed by atoms with E-state index in [4.69, 9.17) is 0 Å². The van der Waals surface area contributed by atoms with Gasteiger partial charge in [-0.05, 0) is 19.8 Å². The number of ketones is 1. The third-order valence-corrected chi connectivity index (χ3v) is 4.23. The lowest BCUT2D eigenvalue weighted by Gasteiger charge is -2.29. The maximum atomic E-state index is 11.4. The number of rotatable bonds is 1. The lowest BCUT2D eigenvalue weighted by molar-refractivity contribution is -0.122. The van der Waals surface area contributed by atoms with Crippen molar-refractivity contribution in [3.8, 4) is 0 Å². The van der Waals surface area contributed by atoms with E-state index >= 15 is 0 Å². The molecule has 11 heavy (non-hydrogen) atoms. The van der Waals surface area contributed by atoms with Gasteiger partial charge in [-0.3, -0.25) is 9.00 Å². The van der Waals surface area contributed by atoms with Gasteiger partial charge < -0.3 is 0 Å². The fourth-order valence-electron chi connectivity index (χ4n) is 1.46. The van der Waals surface area contributed by atoms with Crippen LogP contribution in [0, 0.1) is 0 Å². The van der Waals surface area contributed by atoms with Crippen LogP contribution in [0.1, 0.15) is 32.6 Å². The minimum Gasteiger partial charge on any atom is -0.298 e. The molecule has 0 aromatic rings. The summed E-state index contributed by atoms with van der Waals surface area (Å²) in [6.45, 7) is 1.82. The third kappa shape index (κ3) is 1.53. The molecule has 64 valence electrons. The van der Waals surface area contributed by atoms with Crippen LogP contribution in [0.5, 0.6) is 0 Å². The van der Waals surface area contributed by atoms with Gasteiger partial charge in [0, 0.05) is 23.5 Å². The molecule has 0 aliphatic heterocycles. The summed E-state index contributed by atoms with van der Waals surface area (Å²) in [7, 11) is -0.997. The monoisotopic (exact) mass is 174 g/mol. The lowest BCUT2D eigenvalue weighted by atomic mass is 9.89. The van der Waals surface area contributed by atoms with Crippen molar-refractivity contribution in [1.29, 1.82) is 0 Å². The van der Waals surface area contributed by atoms with Gasteiger partial charge in [-0.25, -0.2) is 0 Å². The Morgan fingerprint density at radius 2 is 2.09 bits per heavy atom. The topological polar surface area (TPSA) is 34.1 Å². The van der Waals surface area contributed by atoms with E-state index in [1.165, 1.54) is 0 Å². The van der Waals surface area contributed by atoms with Gasteiger partial charge in [-0.15, -0.1) is 0 Å². The molecule has 0 spiro atoms. The average Bonchev–Trinajstić information content (AvgIpc) is 1.95. The number of carbonyl (C=O) groups is 1. The first-order valence-corrected chi connectivity index (χ1v) is 5.50. The van der Waals surface area contributed by atoms with E-state index in [0.717, 1.165) is 19.3 Å². The van der Waals surface area contributed by atoms with Crippen LogP contribution < -0.4 is 0 Å². The summed E-state index contributed by atoms with van der Waals surface area (Å²) < 4.78 is 10.7. The Balaban J connectivity index is 2.81. The summed E-state index contributed by atoms with van der Waals surface area (Å²) in [5.74, 6) is 0.185. The maximum Gasteiger partial charge on any atom is 0.151 e. The third-order valence-electron chi connectivity index (χ3n) is 2.53. The molecule has 0 saturated heterocycles. The summed E-state index contributed by atoms with van der Waals surface area (Å²) in [6, 6.07) is 0. The van der Waals surface area contributed by atoms with Gasteiger partial charge in [0.05, 0.1) is 0 Å². The highest BCUT2D eigenvalue weighted by atomic mass is 32.2. The number of Topliss-reactive ketones (excluding diaryl/α,β-unsaturated/α-hetero) is 1. The molecule has 1 aliphatic carbocycles. The van der Waals surface area contributed by atoms with Gasteiger partial charge in [-0.1, -0.05) is 6.42 Å². The molecular formula is C8H14O2S. The highest BCUT2D eigenvalue weighted by Crippen LogP contribution is 2.29. The molecule has 0 amide bonds. The van der Waals surface area contributed by atoms with Crippen molar-refractivity contribution >= 4 is 16.6 Å². The Hall–Kier alpha value is -0.180. The zero-order chi connectivity index (χ0) is 8.48. The standard InChI is InChI=1S/C8H14O2S/c1-8(11(2)10)6-4-3-5-7(8)9/h3-6H2,1-2H3. The van der Waals surface area contributed by atoms with Gasteiger partial charge in [0.15, 0.2) is 5.78 Å². The second-order valence-electron chi connectivity index (χ2n) is 3.32. The van der Waals surface area contributed by atoms with E-state index in [1.807, 2.05) is 6.92 Å². The zero-order valence-corrected chi connectivity index (χ0v) is 7.87. The number of carbonyl (C=O) groups excluding carboxylic acids is 1. The Labute approximate surface area is 69.8 Å². The minimum atomic E-state index is -0.997. The maximum absolute atomic E-state index is 11.4. The van der Waals surface area contributed by atoms with Gasteiger partial charge in [0.1, 0.15) is 4.75 Å². The first-order valence-electron chi connectivity index (χ1n) is 3.94. The van der Waals surface area contributed by atoms with Crippen LogP contribution in [0.4, 0.5) is 0 Å². The number of hydrogen-bond donors (Lipinski definition) is 0. The largest absolute Gasteiger partial charge is 0.298 e. The van der Waals surface area contributed by atoms with Gasteiger partial charge in [-0.2, -0.15) is 0 Å². The highest BCUT2D eigenvalue weighted by Gasteiger charge is 2.38. The van der Waals surface area contributed by atoms with Crippen LogP contribution in [0.3, 0.4) is 0 Å². The first kappa shape index (κ1) is 8.91. The van der Waals surface area contributed by atoms with Crippen molar-refractivity contribution in [2.24, 2.45) is 0 Å². The minimum absolute atomic E-state index is 0.185. The Morgan fingerprint density at radius 1 is 1.45 bits per heavy atom. The molecule has 1 aliphatic rings. The highest BCUT2D eigenvalue weighted by molar-refractivity contribution is 7.86. The molecule has 0 radical (unpaired) electrons. The first-order chi connectivity index (χ1) is 5.07. The van der Waals surface area contributed by atoms with Crippen molar-refractivity contribution in [2.75, 3.05) is 6.26 Å². The molecule has 0 aromatic carbocycles. The summed E-state index contributed by atoms with van der Waals surface area (Å²) in [5.41, 5.74) is 0. The molecule has 0 aromatic heterocycles. The normalized spacial score (nSPS) is 35.3. The van der Waals surface area contributed by atoms with E-state index in [9.17, 15) is 9.00 Å². The van der Waals surface area contributed by atoms with Crippen LogP contribution in [-0.2, 0) is 15.6 Å². The molecule has 2 atom stereocenters. The molecule has 1 rings (SSSR count). The molecule has 1 saturated carbocycles.